The number of nitrogens with two attached hydrogens (primary N) is 1. The van der Waals surface area contributed by atoms with Crippen molar-refractivity contribution < 1.29 is 17.9 Å². The number of benzene rings is 1. The third-order valence-electron chi connectivity index (χ3n) is 2.55. The van der Waals surface area contributed by atoms with Gasteiger partial charge in [0.15, 0.2) is 5.82 Å². The minimum atomic E-state index is -3.97. The summed E-state index contributed by atoms with van der Waals surface area (Å²) >= 11 is 0. The zero-order chi connectivity index (χ0) is 15.5. The Morgan fingerprint density at radius 3 is 2.81 bits per heavy atom. The highest BCUT2D eigenvalue weighted by molar-refractivity contribution is 7.89. The molecule has 0 saturated carbocycles. The maximum Gasteiger partial charge on any atom is 0.270 e. The van der Waals surface area contributed by atoms with Crippen LogP contribution in [0.5, 0.6) is 0 Å². The number of non-ortho nitro benzene ring substituents is 1. The molecule has 0 radical (unpaired) electrons. The van der Waals surface area contributed by atoms with Crippen LogP contribution in [0.4, 0.5) is 11.4 Å². The lowest BCUT2D eigenvalue weighted by Crippen LogP contribution is -2.27. The number of nitro groups is 1. The summed E-state index contributed by atoms with van der Waals surface area (Å²) in [5.41, 5.74) is 5.13. The number of hydrogen-bond donors (Lipinski definition) is 2. The molecule has 0 saturated heterocycles. The van der Waals surface area contributed by atoms with Gasteiger partial charge in [-0.15, -0.1) is 0 Å². The van der Waals surface area contributed by atoms with Crippen LogP contribution >= 0.6 is 0 Å². The quantitative estimate of drug-likeness (QED) is 0.431. The van der Waals surface area contributed by atoms with Gasteiger partial charge in [0.2, 0.25) is 16.4 Å². The molecule has 112 valence electrons. The third kappa shape index (κ3) is 3.52. The van der Waals surface area contributed by atoms with Crippen LogP contribution < -0.4 is 10.5 Å². The van der Waals surface area contributed by atoms with Gasteiger partial charge in [0.05, 0.1) is 10.6 Å². The van der Waals surface area contributed by atoms with E-state index in [1.807, 2.05) is 0 Å². The van der Waals surface area contributed by atoms with Gasteiger partial charge in [0.25, 0.3) is 5.69 Å². The summed E-state index contributed by atoms with van der Waals surface area (Å²) in [5.74, 6) is 0.338. The predicted molar refractivity (Wildman–Crippen MR) is 70.7 cm³/mol. The van der Waals surface area contributed by atoms with E-state index >= 15 is 0 Å². The van der Waals surface area contributed by atoms with Gasteiger partial charge in [-0.1, -0.05) is 5.16 Å². The van der Waals surface area contributed by atoms with Gasteiger partial charge in [-0.3, -0.25) is 10.1 Å². The maximum atomic E-state index is 12.1. The number of rotatable bonds is 6. The number of sulfonamides is 1. The van der Waals surface area contributed by atoms with Gasteiger partial charge in [-0.25, -0.2) is 13.1 Å². The van der Waals surface area contributed by atoms with Crippen LogP contribution in [-0.2, 0) is 16.4 Å². The van der Waals surface area contributed by atoms with Gasteiger partial charge < -0.3 is 10.3 Å². The fourth-order valence-electron chi connectivity index (χ4n) is 1.55. The number of hydrogen-bond acceptors (Lipinski definition) is 8. The topological polar surface area (TPSA) is 154 Å². The molecule has 2 aromatic rings. The second-order valence-corrected chi connectivity index (χ2v) is 5.71. The van der Waals surface area contributed by atoms with E-state index in [2.05, 4.69) is 19.4 Å². The number of nitrogen functional groups attached to an aromatic ring is 1. The molecule has 1 aromatic carbocycles. The smallest absolute Gasteiger partial charge is 0.270 e. The second kappa shape index (κ2) is 5.85. The normalized spacial score (nSPS) is 11.4. The largest absolute Gasteiger partial charge is 0.398 e. The summed E-state index contributed by atoms with van der Waals surface area (Å²) < 4.78 is 30.9. The summed E-state index contributed by atoms with van der Waals surface area (Å²) in [6.45, 7) is 0.00397. The molecule has 0 aliphatic heterocycles. The van der Waals surface area contributed by atoms with Gasteiger partial charge >= 0.3 is 0 Å². The van der Waals surface area contributed by atoms with Crippen molar-refractivity contribution in [2.24, 2.45) is 0 Å². The van der Waals surface area contributed by atoms with E-state index in [-0.39, 0.29) is 29.2 Å². The van der Waals surface area contributed by atoms with Gasteiger partial charge in [-0.05, 0) is 6.07 Å². The van der Waals surface area contributed by atoms with Crippen molar-refractivity contribution in [3.05, 3.63) is 40.5 Å². The lowest BCUT2D eigenvalue weighted by atomic mass is 10.3. The molecular weight excluding hydrogens is 302 g/mol. The Bertz CT molecular complexity index is 743. The molecule has 0 aliphatic rings. The van der Waals surface area contributed by atoms with Gasteiger partial charge in [0, 0.05) is 25.1 Å². The minimum Gasteiger partial charge on any atom is -0.398 e. The highest BCUT2D eigenvalue weighted by Gasteiger charge is 2.20. The Labute approximate surface area is 119 Å². The molecule has 2 rings (SSSR count). The molecule has 1 heterocycles. The highest BCUT2D eigenvalue weighted by Crippen LogP contribution is 2.23. The van der Waals surface area contributed by atoms with E-state index in [0.717, 1.165) is 18.5 Å². The van der Waals surface area contributed by atoms with Crippen LogP contribution in [0, 0.1) is 10.1 Å². The fraction of sp³-hybridized carbons (Fsp3) is 0.200. The zero-order valence-corrected chi connectivity index (χ0v) is 11.4. The van der Waals surface area contributed by atoms with E-state index in [1.54, 1.807) is 0 Å². The van der Waals surface area contributed by atoms with Gasteiger partial charge in [0.1, 0.15) is 4.90 Å². The average Bonchev–Trinajstić information content (AvgIpc) is 2.91. The van der Waals surface area contributed by atoms with Crippen LogP contribution in [0.2, 0.25) is 0 Å². The molecule has 0 spiro atoms. The maximum absolute atomic E-state index is 12.1. The van der Waals surface area contributed by atoms with E-state index in [1.165, 1.54) is 6.07 Å². The van der Waals surface area contributed by atoms with Crippen molar-refractivity contribution in [3.63, 3.8) is 0 Å². The lowest BCUT2D eigenvalue weighted by Gasteiger charge is -2.08. The molecule has 0 atom stereocenters. The number of nitro benzene ring substituents is 1. The van der Waals surface area contributed by atoms with Crippen LogP contribution in [0.3, 0.4) is 0 Å². The lowest BCUT2D eigenvalue weighted by molar-refractivity contribution is -0.385. The molecule has 11 heteroatoms. The Kier molecular flexibility index (Phi) is 4.14. The summed E-state index contributed by atoms with van der Waals surface area (Å²) in [7, 11) is -3.97. The highest BCUT2D eigenvalue weighted by atomic mass is 32.2. The summed E-state index contributed by atoms with van der Waals surface area (Å²) in [6, 6.07) is 3.21. The Balaban J connectivity index is 2.15. The van der Waals surface area contributed by atoms with E-state index in [4.69, 9.17) is 5.73 Å². The van der Waals surface area contributed by atoms with Crippen molar-refractivity contribution in [1.29, 1.82) is 0 Å². The summed E-state index contributed by atoms with van der Waals surface area (Å²) in [6.07, 6.45) is 1.34. The molecule has 3 N–H and O–H groups in total. The molecule has 0 amide bonds. The first kappa shape index (κ1) is 14.9. The summed E-state index contributed by atoms with van der Waals surface area (Å²) in [5, 5.41) is 14.2. The Hall–Kier alpha value is -2.53. The Morgan fingerprint density at radius 1 is 1.43 bits per heavy atom. The first-order valence-corrected chi connectivity index (χ1v) is 7.17. The first-order valence-electron chi connectivity index (χ1n) is 5.69. The molecule has 0 aliphatic carbocycles. The fourth-order valence-corrected chi connectivity index (χ4v) is 2.73. The standard InChI is InChI=1S/C10H11N5O5S/c11-8-2-1-7(15(16)17)5-9(8)21(18,19)13-4-3-10-12-6-20-14-10/h1-2,5-6,13H,3-4,11H2. The second-order valence-electron chi connectivity index (χ2n) is 3.97. The van der Waals surface area contributed by atoms with Crippen molar-refractivity contribution in [2.45, 2.75) is 11.3 Å². The van der Waals surface area contributed by atoms with Crippen LogP contribution in [0.25, 0.3) is 0 Å². The van der Waals surface area contributed by atoms with Crippen LogP contribution in [0.1, 0.15) is 5.82 Å². The predicted octanol–water partition coefficient (Wildman–Crippen LogP) is 0.0810. The molecule has 10 nitrogen and oxygen atoms in total. The summed E-state index contributed by atoms with van der Waals surface area (Å²) in [4.78, 5) is 13.4. The molecular formula is C10H11N5O5S. The number of anilines is 1. The Morgan fingerprint density at radius 2 is 2.19 bits per heavy atom. The first-order chi connectivity index (χ1) is 9.90. The number of nitrogens with zero attached hydrogens (tertiary/aromatic N) is 3. The van der Waals surface area contributed by atoms with E-state index in [9.17, 15) is 18.5 Å². The van der Waals surface area contributed by atoms with Gasteiger partial charge in [-0.2, -0.15) is 4.98 Å². The van der Waals surface area contributed by atoms with Crippen LogP contribution in [-0.4, -0.2) is 30.0 Å². The van der Waals surface area contributed by atoms with E-state index in [0.29, 0.717) is 5.82 Å². The zero-order valence-electron chi connectivity index (χ0n) is 10.6. The van der Waals surface area contributed by atoms with Crippen molar-refractivity contribution in [2.75, 3.05) is 12.3 Å². The van der Waals surface area contributed by atoms with Crippen molar-refractivity contribution >= 4 is 21.4 Å². The average molecular weight is 313 g/mol. The molecule has 0 unspecified atom stereocenters. The third-order valence-corrected chi connectivity index (χ3v) is 4.06. The van der Waals surface area contributed by atoms with Crippen molar-refractivity contribution in [3.8, 4) is 0 Å². The van der Waals surface area contributed by atoms with Crippen molar-refractivity contribution in [1.82, 2.24) is 14.9 Å². The minimum absolute atomic E-state index is 0.00397. The number of nitrogens with one attached hydrogen (secondary N) is 1. The monoisotopic (exact) mass is 313 g/mol. The SMILES string of the molecule is Nc1ccc([N+](=O)[O-])cc1S(=O)(=O)NCCc1ncon1. The molecule has 0 bridgehead atoms. The van der Waals surface area contributed by atoms with Crippen LogP contribution in [0.15, 0.2) is 34.0 Å². The van der Waals surface area contributed by atoms with E-state index < -0.39 is 14.9 Å². The number of aromatic nitrogens is 2. The molecule has 21 heavy (non-hydrogen) atoms. The molecule has 0 fully saturated rings. The molecule has 1 aromatic heterocycles.